The van der Waals surface area contributed by atoms with E-state index < -0.39 is 0 Å². The fraction of sp³-hybridized carbons (Fsp3) is 0.267. The Labute approximate surface area is 102 Å². The second-order valence-electron chi connectivity index (χ2n) is 3.98. The number of para-hydroxylation sites is 1. The lowest BCUT2D eigenvalue weighted by Crippen LogP contribution is -2.21. The summed E-state index contributed by atoms with van der Waals surface area (Å²) < 4.78 is 0. The topological polar surface area (TPSA) is 24.9 Å². The molecule has 2 rings (SSSR count). The van der Waals surface area contributed by atoms with Gasteiger partial charge in [-0.15, -0.1) is 6.42 Å². The minimum atomic E-state index is -0.0976. The highest BCUT2D eigenvalue weighted by Crippen LogP contribution is 2.16. The van der Waals surface area contributed by atoms with Crippen molar-refractivity contribution in [2.45, 2.75) is 19.4 Å². The molecule has 2 aromatic rings. The zero-order valence-electron chi connectivity index (χ0n) is 9.98. The summed E-state index contributed by atoms with van der Waals surface area (Å²) in [7, 11) is 0. The lowest BCUT2D eigenvalue weighted by atomic mass is 10.1. The van der Waals surface area contributed by atoms with Crippen molar-refractivity contribution in [2.24, 2.45) is 0 Å². The third-order valence-electron chi connectivity index (χ3n) is 2.68. The zero-order chi connectivity index (χ0) is 12.1. The molecule has 0 aliphatic rings. The first kappa shape index (κ1) is 11.6. The Kier molecular flexibility index (Phi) is 3.74. The van der Waals surface area contributed by atoms with E-state index in [1.54, 1.807) is 0 Å². The number of hydrogen-bond donors (Lipinski definition) is 1. The molecule has 0 saturated heterocycles. The van der Waals surface area contributed by atoms with Crippen LogP contribution in [-0.4, -0.2) is 11.5 Å². The highest BCUT2D eigenvalue weighted by atomic mass is 14.9. The Balaban J connectivity index is 2.31. The van der Waals surface area contributed by atoms with Gasteiger partial charge in [-0.05, 0) is 25.1 Å². The second-order valence-corrected chi connectivity index (χ2v) is 3.98. The molecule has 0 amide bonds. The summed E-state index contributed by atoms with van der Waals surface area (Å²) in [6.07, 6.45) is 6.60. The van der Waals surface area contributed by atoms with Crippen LogP contribution in [0, 0.1) is 12.3 Å². The molecule has 17 heavy (non-hydrogen) atoms. The highest BCUT2D eigenvalue weighted by Gasteiger charge is 2.08. The molecule has 1 aromatic heterocycles. The first-order valence-corrected chi connectivity index (χ1v) is 5.90. The highest BCUT2D eigenvalue weighted by molar-refractivity contribution is 5.78. The standard InChI is InChI=1S/C15H16N2/c1-3-11-16-13(4-2)15-10-9-12-7-5-6-8-14(12)17-15/h2,5-10,13,16H,3,11H2,1H3. The van der Waals surface area contributed by atoms with Gasteiger partial charge in [0.05, 0.1) is 11.2 Å². The molecule has 1 aromatic carbocycles. The third kappa shape index (κ3) is 2.64. The Bertz CT molecular complexity index is 540. The van der Waals surface area contributed by atoms with Crippen LogP contribution in [-0.2, 0) is 0 Å². The molecule has 0 aliphatic heterocycles. The third-order valence-corrected chi connectivity index (χ3v) is 2.68. The van der Waals surface area contributed by atoms with Crippen molar-refractivity contribution in [3.63, 3.8) is 0 Å². The first-order chi connectivity index (χ1) is 8.35. The Morgan fingerprint density at radius 1 is 1.29 bits per heavy atom. The van der Waals surface area contributed by atoms with Crippen LogP contribution < -0.4 is 5.32 Å². The van der Waals surface area contributed by atoms with E-state index in [1.165, 1.54) is 0 Å². The van der Waals surface area contributed by atoms with Gasteiger partial charge in [-0.25, -0.2) is 0 Å². The maximum atomic E-state index is 5.54. The maximum absolute atomic E-state index is 5.54. The maximum Gasteiger partial charge on any atom is 0.111 e. The first-order valence-electron chi connectivity index (χ1n) is 5.90. The van der Waals surface area contributed by atoms with Crippen molar-refractivity contribution in [1.82, 2.24) is 10.3 Å². The van der Waals surface area contributed by atoms with E-state index >= 15 is 0 Å². The number of nitrogens with one attached hydrogen (secondary N) is 1. The van der Waals surface area contributed by atoms with Gasteiger partial charge in [0.15, 0.2) is 0 Å². The molecule has 1 atom stereocenters. The van der Waals surface area contributed by atoms with Crippen LogP contribution in [0.15, 0.2) is 36.4 Å². The normalized spacial score (nSPS) is 12.2. The smallest absolute Gasteiger partial charge is 0.111 e. The number of pyridine rings is 1. The van der Waals surface area contributed by atoms with E-state index in [0.29, 0.717) is 0 Å². The SMILES string of the molecule is C#CC(NCCC)c1ccc2ccccc2n1. The number of fused-ring (bicyclic) bond motifs is 1. The fourth-order valence-corrected chi connectivity index (χ4v) is 1.78. The van der Waals surface area contributed by atoms with E-state index in [2.05, 4.69) is 35.3 Å². The summed E-state index contributed by atoms with van der Waals surface area (Å²) in [5, 5.41) is 4.44. The van der Waals surface area contributed by atoms with Crippen LogP contribution in [0.25, 0.3) is 10.9 Å². The van der Waals surface area contributed by atoms with Gasteiger partial charge < -0.3 is 0 Å². The largest absolute Gasteiger partial charge is 0.299 e. The zero-order valence-corrected chi connectivity index (χ0v) is 9.98. The lowest BCUT2D eigenvalue weighted by Gasteiger charge is -2.12. The van der Waals surface area contributed by atoms with Gasteiger partial charge in [-0.3, -0.25) is 10.3 Å². The molecule has 0 spiro atoms. The number of benzene rings is 1. The number of aromatic nitrogens is 1. The summed E-state index contributed by atoms with van der Waals surface area (Å²) in [6, 6.07) is 12.0. The molecule has 1 N–H and O–H groups in total. The van der Waals surface area contributed by atoms with Crippen LogP contribution in [0.1, 0.15) is 25.1 Å². The van der Waals surface area contributed by atoms with Gasteiger partial charge in [0.2, 0.25) is 0 Å². The predicted octanol–water partition coefficient (Wildman–Crippen LogP) is 2.91. The molecule has 2 heteroatoms. The van der Waals surface area contributed by atoms with Gasteiger partial charge in [-0.2, -0.15) is 0 Å². The molecule has 0 saturated carbocycles. The van der Waals surface area contributed by atoms with Gasteiger partial charge >= 0.3 is 0 Å². The van der Waals surface area contributed by atoms with Crippen LogP contribution in [0.3, 0.4) is 0 Å². The van der Waals surface area contributed by atoms with Crippen molar-refractivity contribution in [1.29, 1.82) is 0 Å². The number of terminal acetylenes is 1. The van der Waals surface area contributed by atoms with Gasteiger partial charge in [0.1, 0.15) is 6.04 Å². The molecule has 0 radical (unpaired) electrons. The van der Waals surface area contributed by atoms with Gasteiger partial charge in [0, 0.05) is 5.39 Å². The average molecular weight is 224 g/mol. The van der Waals surface area contributed by atoms with Crippen LogP contribution in [0.5, 0.6) is 0 Å². The van der Waals surface area contributed by atoms with E-state index in [-0.39, 0.29) is 6.04 Å². The Morgan fingerprint density at radius 2 is 2.12 bits per heavy atom. The molecule has 0 bridgehead atoms. The second kappa shape index (κ2) is 5.47. The molecule has 2 nitrogen and oxygen atoms in total. The molecule has 1 unspecified atom stereocenters. The minimum absolute atomic E-state index is 0.0976. The fourth-order valence-electron chi connectivity index (χ4n) is 1.78. The molecular weight excluding hydrogens is 208 g/mol. The summed E-state index contributed by atoms with van der Waals surface area (Å²) in [5.74, 6) is 2.74. The average Bonchev–Trinajstić information content (AvgIpc) is 2.39. The quantitative estimate of drug-likeness (QED) is 0.808. The minimum Gasteiger partial charge on any atom is -0.299 e. The summed E-state index contributed by atoms with van der Waals surface area (Å²) in [5.41, 5.74) is 1.91. The van der Waals surface area contributed by atoms with Crippen molar-refractivity contribution in [3.05, 3.63) is 42.1 Å². The van der Waals surface area contributed by atoms with E-state index in [9.17, 15) is 0 Å². The predicted molar refractivity (Wildman–Crippen MR) is 71.6 cm³/mol. The van der Waals surface area contributed by atoms with Crippen LogP contribution in [0.2, 0.25) is 0 Å². The Morgan fingerprint density at radius 3 is 2.88 bits per heavy atom. The number of hydrogen-bond acceptors (Lipinski definition) is 2. The summed E-state index contributed by atoms with van der Waals surface area (Å²) >= 11 is 0. The summed E-state index contributed by atoms with van der Waals surface area (Å²) in [6.45, 7) is 3.03. The van der Waals surface area contributed by atoms with Crippen molar-refractivity contribution >= 4 is 10.9 Å². The molecule has 0 aliphatic carbocycles. The molecule has 0 fully saturated rings. The van der Waals surface area contributed by atoms with Crippen molar-refractivity contribution in [3.8, 4) is 12.3 Å². The Hall–Kier alpha value is -1.85. The van der Waals surface area contributed by atoms with Gasteiger partial charge in [0.25, 0.3) is 0 Å². The number of rotatable bonds is 4. The van der Waals surface area contributed by atoms with Gasteiger partial charge in [-0.1, -0.05) is 37.1 Å². The van der Waals surface area contributed by atoms with Crippen molar-refractivity contribution < 1.29 is 0 Å². The van der Waals surface area contributed by atoms with Crippen LogP contribution >= 0.6 is 0 Å². The van der Waals surface area contributed by atoms with E-state index in [4.69, 9.17) is 6.42 Å². The van der Waals surface area contributed by atoms with E-state index in [0.717, 1.165) is 29.6 Å². The summed E-state index contributed by atoms with van der Waals surface area (Å²) in [4.78, 5) is 4.59. The molecular formula is C15H16N2. The van der Waals surface area contributed by atoms with Crippen molar-refractivity contribution in [2.75, 3.05) is 6.54 Å². The lowest BCUT2D eigenvalue weighted by molar-refractivity contribution is 0.616. The monoisotopic (exact) mass is 224 g/mol. The molecule has 1 heterocycles. The van der Waals surface area contributed by atoms with Crippen LogP contribution in [0.4, 0.5) is 0 Å². The molecule has 86 valence electrons. The number of nitrogens with zero attached hydrogens (tertiary/aromatic N) is 1. The van der Waals surface area contributed by atoms with E-state index in [1.807, 2.05) is 24.3 Å².